The van der Waals surface area contributed by atoms with E-state index in [-0.39, 0.29) is 5.92 Å². The molecule has 1 saturated heterocycles. The molecule has 0 aromatic carbocycles. The number of hydrogen-bond donors (Lipinski definition) is 3. The van der Waals surface area contributed by atoms with Crippen molar-refractivity contribution in [2.45, 2.75) is 18.9 Å². The molecule has 0 spiro atoms. The first kappa shape index (κ1) is 10.9. The van der Waals surface area contributed by atoms with Crippen molar-refractivity contribution in [2.75, 3.05) is 18.8 Å². The summed E-state index contributed by atoms with van der Waals surface area (Å²) in [6.07, 6.45) is 0.588. The quantitative estimate of drug-likeness (QED) is 0.532. The Morgan fingerprint density at radius 2 is 1.92 bits per heavy atom. The van der Waals surface area contributed by atoms with Crippen molar-refractivity contribution in [1.82, 2.24) is 5.32 Å². The van der Waals surface area contributed by atoms with E-state index >= 15 is 0 Å². The minimum absolute atomic E-state index is 0.0109. The van der Waals surface area contributed by atoms with E-state index in [1.54, 1.807) is 0 Å². The first-order chi connectivity index (χ1) is 5.99. The van der Waals surface area contributed by atoms with Crippen LogP contribution in [0.15, 0.2) is 0 Å². The summed E-state index contributed by atoms with van der Waals surface area (Å²) >= 11 is 0. The van der Waals surface area contributed by atoms with Gasteiger partial charge < -0.3 is 10.4 Å². The van der Waals surface area contributed by atoms with Crippen molar-refractivity contribution in [3.63, 3.8) is 0 Å². The number of rotatable bonds is 3. The first-order valence-corrected chi connectivity index (χ1v) is 5.94. The van der Waals surface area contributed by atoms with Crippen LogP contribution in [-0.2, 0) is 10.1 Å². The van der Waals surface area contributed by atoms with E-state index in [2.05, 4.69) is 5.32 Å². The second-order valence-electron chi connectivity index (χ2n) is 3.40. The summed E-state index contributed by atoms with van der Waals surface area (Å²) in [6.45, 7) is 1.60. The lowest BCUT2D eigenvalue weighted by atomic mass is 9.93. The summed E-state index contributed by atoms with van der Waals surface area (Å²) in [5, 5.41) is 12.6. The molecule has 1 fully saturated rings. The summed E-state index contributed by atoms with van der Waals surface area (Å²) in [4.78, 5) is 0. The van der Waals surface area contributed by atoms with E-state index in [1.807, 2.05) is 0 Å². The molecular formula is C7H15NO4S. The predicted octanol–water partition coefficient (Wildman–Crippen LogP) is -0.765. The number of piperidine rings is 1. The molecule has 6 heteroatoms. The molecule has 78 valence electrons. The summed E-state index contributed by atoms with van der Waals surface area (Å²) in [5.74, 6) is -0.555. The minimum Gasteiger partial charge on any atom is -0.392 e. The number of aliphatic hydroxyl groups excluding tert-OH is 1. The molecule has 0 aliphatic carbocycles. The SMILES string of the molecule is O=S(=O)(O)CC(O)C1CCNCC1. The van der Waals surface area contributed by atoms with Gasteiger partial charge in [0.25, 0.3) is 10.1 Å². The molecule has 1 rings (SSSR count). The van der Waals surface area contributed by atoms with E-state index in [4.69, 9.17) is 4.55 Å². The molecule has 0 saturated carbocycles. The third kappa shape index (κ3) is 4.04. The molecule has 0 radical (unpaired) electrons. The highest BCUT2D eigenvalue weighted by Crippen LogP contribution is 2.17. The van der Waals surface area contributed by atoms with Gasteiger partial charge in [0.2, 0.25) is 0 Å². The molecule has 3 N–H and O–H groups in total. The van der Waals surface area contributed by atoms with E-state index in [0.717, 1.165) is 25.9 Å². The fourth-order valence-corrected chi connectivity index (χ4v) is 2.28. The lowest BCUT2D eigenvalue weighted by molar-refractivity contribution is 0.106. The van der Waals surface area contributed by atoms with Crippen LogP contribution in [0.4, 0.5) is 0 Å². The average Bonchev–Trinajstić information content (AvgIpc) is 2.03. The Labute approximate surface area is 77.9 Å². The maximum Gasteiger partial charge on any atom is 0.267 e. The number of nitrogens with one attached hydrogen (secondary N) is 1. The highest BCUT2D eigenvalue weighted by molar-refractivity contribution is 7.85. The van der Waals surface area contributed by atoms with Crippen LogP contribution in [0.3, 0.4) is 0 Å². The van der Waals surface area contributed by atoms with Crippen LogP contribution in [0.25, 0.3) is 0 Å². The van der Waals surface area contributed by atoms with Crippen LogP contribution in [0.5, 0.6) is 0 Å². The standard InChI is InChI=1S/C7H15NO4S/c9-7(5-13(10,11)12)6-1-3-8-4-2-6/h6-9H,1-5H2,(H,10,11,12). The maximum atomic E-state index is 10.5. The molecule has 0 aromatic heterocycles. The molecular weight excluding hydrogens is 194 g/mol. The smallest absolute Gasteiger partial charge is 0.267 e. The van der Waals surface area contributed by atoms with Gasteiger partial charge in [-0.1, -0.05) is 0 Å². The van der Waals surface area contributed by atoms with Crippen LogP contribution >= 0.6 is 0 Å². The molecule has 1 atom stereocenters. The molecule has 1 unspecified atom stereocenters. The zero-order chi connectivity index (χ0) is 9.90. The van der Waals surface area contributed by atoms with Gasteiger partial charge >= 0.3 is 0 Å². The summed E-state index contributed by atoms with van der Waals surface area (Å²) in [6, 6.07) is 0. The third-order valence-corrected chi connectivity index (χ3v) is 3.07. The fourth-order valence-electron chi connectivity index (χ4n) is 1.58. The van der Waals surface area contributed by atoms with Gasteiger partial charge in [0.1, 0.15) is 5.75 Å². The largest absolute Gasteiger partial charge is 0.392 e. The Hall–Kier alpha value is -0.170. The van der Waals surface area contributed by atoms with Crippen molar-refractivity contribution in [3.8, 4) is 0 Å². The van der Waals surface area contributed by atoms with Gasteiger partial charge in [-0.05, 0) is 31.8 Å². The molecule has 13 heavy (non-hydrogen) atoms. The predicted molar refractivity (Wildman–Crippen MR) is 48.0 cm³/mol. The minimum atomic E-state index is -4.04. The second kappa shape index (κ2) is 4.36. The van der Waals surface area contributed by atoms with Crippen LogP contribution in [-0.4, -0.2) is 43.0 Å². The van der Waals surface area contributed by atoms with Crippen molar-refractivity contribution < 1.29 is 18.1 Å². The third-order valence-electron chi connectivity index (χ3n) is 2.31. The van der Waals surface area contributed by atoms with Gasteiger partial charge in [0.15, 0.2) is 0 Å². The zero-order valence-electron chi connectivity index (χ0n) is 7.31. The lowest BCUT2D eigenvalue weighted by Crippen LogP contribution is -2.37. The van der Waals surface area contributed by atoms with Gasteiger partial charge in [-0.3, -0.25) is 4.55 Å². The topological polar surface area (TPSA) is 86.6 Å². The molecule has 5 nitrogen and oxygen atoms in total. The number of aliphatic hydroxyl groups is 1. The second-order valence-corrected chi connectivity index (χ2v) is 4.90. The molecule has 0 amide bonds. The highest BCUT2D eigenvalue weighted by Gasteiger charge is 2.25. The van der Waals surface area contributed by atoms with Gasteiger partial charge in [-0.25, -0.2) is 0 Å². The van der Waals surface area contributed by atoms with Crippen molar-refractivity contribution in [3.05, 3.63) is 0 Å². The maximum absolute atomic E-state index is 10.5. The van der Waals surface area contributed by atoms with Gasteiger partial charge in [0.05, 0.1) is 6.10 Å². The summed E-state index contributed by atoms with van der Waals surface area (Å²) in [7, 11) is -4.04. The Bertz CT molecular complexity index is 245. The van der Waals surface area contributed by atoms with E-state index < -0.39 is 22.0 Å². The monoisotopic (exact) mass is 209 g/mol. The van der Waals surface area contributed by atoms with Gasteiger partial charge in [0, 0.05) is 0 Å². The molecule has 0 bridgehead atoms. The fraction of sp³-hybridized carbons (Fsp3) is 1.00. The van der Waals surface area contributed by atoms with Crippen molar-refractivity contribution >= 4 is 10.1 Å². The van der Waals surface area contributed by atoms with Crippen LogP contribution < -0.4 is 5.32 Å². The summed E-state index contributed by atoms with van der Waals surface area (Å²) < 4.78 is 29.4. The number of hydrogen-bond acceptors (Lipinski definition) is 4. The van der Waals surface area contributed by atoms with Gasteiger partial charge in [-0.2, -0.15) is 8.42 Å². The van der Waals surface area contributed by atoms with Crippen molar-refractivity contribution in [2.24, 2.45) is 5.92 Å². The highest BCUT2D eigenvalue weighted by atomic mass is 32.2. The zero-order valence-corrected chi connectivity index (χ0v) is 8.13. The summed E-state index contributed by atoms with van der Waals surface area (Å²) in [5.41, 5.74) is 0. The molecule has 1 aliphatic heterocycles. The molecule has 1 aliphatic rings. The van der Waals surface area contributed by atoms with E-state index in [1.165, 1.54) is 0 Å². The Morgan fingerprint density at radius 1 is 1.38 bits per heavy atom. The van der Waals surface area contributed by atoms with Crippen LogP contribution in [0.1, 0.15) is 12.8 Å². The molecule has 0 aromatic rings. The van der Waals surface area contributed by atoms with Crippen LogP contribution in [0.2, 0.25) is 0 Å². The van der Waals surface area contributed by atoms with Crippen molar-refractivity contribution in [1.29, 1.82) is 0 Å². The van der Waals surface area contributed by atoms with E-state index in [0.29, 0.717) is 0 Å². The Morgan fingerprint density at radius 3 is 2.38 bits per heavy atom. The lowest BCUT2D eigenvalue weighted by Gasteiger charge is -2.26. The van der Waals surface area contributed by atoms with Gasteiger partial charge in [-0.15, -0.1) is 0 Å². The molecule has 1 heterocycles. The Kier molecular flexibility index (Phi) is 3.66. The van der Waals surface area contributed by atoms with Crippen LogP contribution in [0, 0.1) is 5.92 Å². The van der Waals surface area contributed by atoms with E-state index in [9.17, 15) is 13.5 Å². The average molecular weight is 209 g/mol. The normalized spacial score (nSPS) is 22.9. The first-order valence-electron chi connectivity index (χ1n) is 4.33. The Balaban J connectivity index is 2.42.